The smallest absolute Gasteiger partial charge is 0.260 e. The van der Waals surface area contributed by atoms with Gasteiger partial charge in [0.15, 0.2) is 0 Å². The lowest BCUT2D eigenvalue weighted by Crippen LogP contribution is -2.21. The molecule has 0 aliphatic carbocycles. The third kappa shape index (κ3) is 2.01. The second-order valence-corrected chi connectivity index (χ2v) is 5.76. The van der Waals surface area contributed by atoms with Gasteiger partial charge in [-0.1, -0.05) is 18.2 Å². The van der Waals surface area contributed by atoms with Gasteiger partial charge in [0.1, 0.15) is 11.7 Å². The highest BCUT2D eigenvalue weighted by atomic mass is 16.1. The van der Waals surface area contributed by atoms with Crippen LogP contribution in [-0.2, 0) is 6.42 Å². The van der Waals surface area contributed by atoms with Crippen LogP contribution in [0.4, 0.5) is 0 Å². The Morgan fingerprint density at radius 3 is 2.83 bits per heavy atom. The van der Waals surface area contributed by atoms with Crippen molar-refractivity contribution in [2.45, 2.75) is 13.3 Å². The van der Waals surface area contributed by atoms with Gasteiger partial charge in [-0.3, -0.25) is 14.2 Å². The van der Waals surface area contributed by atoms with E-state index in [4.69, 9.17) is 0 Å². The van der Waals surface area contributed by atoms with Crippen LogP contribution in [0.2, 0.25) is 0 Å². The van der Waals surface area contributed by atoms with Gasteiger partial charge in [-0.15, -0.1) is 0 Å². The number of pyridine rings is 2. The first-order chi connectivity index (χ1) is 11.7. The summed E-state index contributed by atoms with van der Waals surface area (Å²) >= 11 is 0. The van der Waals surface area contributed by atoms with Crippen LogP contribution in [0.1, 0.15) is 22.3 Å². The van der Waals surface area contributed by atoms with Crippen LogP contribution >= 0.6 is 0 Å². The molecule has 4 aromatic rings. The van der Waals surface area contributed by atoms with Gasteiger partial charge in [0.05, 0.1) is 16.6 Å². The molecule has 0 bridgehead atoms. The molecule has 116 valence electrons. The second-order valence-electron chi connectivity index (χ2n) is 5.76. The minimum Gasteiger partial charge on any atom is -0.338 e. The number of rotatable bonds is 2. The normalized spacial score (nSPS) is 11.0. The van der Waals surface area contributed by atoms with E-state index in [1.165, 1.54) is 0 Å². The predicted octanol–water partition coefficient (Wildman–Crippen LogP) is 2.95. The largest absolute Gasteiger partial charge is 0.338 e. The van der Waals surface area contributed by atoms with Crippen molar-refractivity contribution in [3.63, 3.8) is 0 Å². The van der Waals surface area contributed by atoms with Crippen LogP contribution in [-0.4, -0.2) is 14.4 Å². The van der Waals surface area contributed by atoms with Gasteiger partial charge in [-0.25, -0.2) is 0 Å². The SMILES string of the molecule is Cc1c(Cc2cccnc2)c(=O)n2c([nH]c3ccccc32)c1C#N. The van der Waals surface area contributed by atoms with Crippen molar-refractivity contribution in [3.8, 4) is 6.07 Å². The third-order valence-corrected chi connectivity index (χ3v) is 4.36. The second kappa shape index (κ2) is 5.36. The highest BCUT2D eigenvalue weighted by molar-refractivity contribution is 5.83. The molecule has 0 saturated carbocycles. The monoisotopic (exact) mass is 314 g/mol. The summed E-state index contributed by atoms with van der Waals surface area (Å²) < 4.78 is 1.60. The van der Waals surface area contributed by atoms with Crippen molar-refractivity contribution in [1.29, 1.82) is 5.26 Å². The number of nitriles is 1. The van der Waals surface area contributed by atoms with Crippen molar-refractivity contribution in [2.75, 3.05) is 0 Å². The number of aromatic amines is 1. The maximum atomic E-state index is 13.1. The van der Waals surface area contributed by atoms with Gasteiger partial charge < -0.3 is 4.98 Å². The molecule has 0 spiro atoms. The Hall–Kier alpha value is -3.39. The first kappa shape index (κ1) is 14.2. The standard InChI is InChI=1S/C19H14N4O/c1-12-14(9-13-5-4-8-21-11-13)19(24)23-17-7-3-2-6-16(17)22-18(23)15(12)10-20/h2-8,11,22H,9H2,1H3. The van der Waals surface area contributed by atoms with Crippen LogP contribution in [0.5, 0.6) is 0 Å². The summed E-state index contributed by atoms with van der Waals surface area (Å²) in [5.74, 6) is 0. The molecular weight excluding hydrogens is 300 g/mol. The number of H-pyrrole nitrogens is 1. The van der Waals surface area contributed by atoms with E-state index in [1.54, 1.807) is 16.8 Å². The number of hydrogen-bond acceptors (Lipinski definition) is 3. The first-order valence-electron chi connectivity index (χ1n) is 7.64. The van der Waals surface area contributed by atoms with Crippen LogP contribution in [0.25, 0.3) is 16.7 Å². The zero-order chi connectivity index (χ0) is 16.7. The van der Waals surface area contributed by atoms with Gasteiger partial charge in [0, 0.05) is 24.4 Å². The van der Waals surface area contributed by atoms with Gasteiger partial charge in [-0.05, 0) is 36.2 Å². The molecule has 0 aliphatic heterocycles. The third-order valence-electron chi connectivity index (χ3n) is 4.36. The van der Waals surface area contributed by atoms with E-state index < -0.39 is 0 Å². The Morgan fingerprint density at radius 2 is 2.08 bits per heavy atom. The molecule has 24 heavy (non-hydrogen) atoms. The average molecular weight is 314 g/mol. The maximum absolute atomic E-state index is 13.1. The van der Waals surface area contributed by atoms with Crippen molar-refractivity contribution >= 4 is 16.7 Å². The molecule has 1 N–H and O–H groups in total. The zero-order valence-corrected chi connectivity index (χ0v) is 13.1. The van der Waals surface area contributed by atoms with Crippen LogP contribution in [0, 0.1) is 18.3 Å². The highest BCUT2D eigenvalue weighted by Crippen LogP contribution is 2.22. The Morgan fingerprint density at radius 1 is 1.25 bits per heavy atom. The summed E-state index contributed by atoms with van der Waals surface area (Å²) in [5, 5.41) is 9.63. The Bertz CT molecular complexity index is 1160. The van der Waals surface area contributed by atoms with Gasteiger partial charge in [-0.2, -0.15) is 5.26 Å². The summed E-state index contributed by atoms with van der Waals surface area (Å²) in [7, 11) is 0. The molecule has 5 heteroatoms. The fourth-order valence-electron chi connectivity index (χ4n) is 3.14. The molecule has 0 amide bonds. The van der Waals surface area contributed by atoms with Crippen molar-refractivity contribution in [3.05, 3.63) is 81.4 Å². The molecule has 0 aliphatic rings. The van der Waals surface area contributed by atoms with E-state index in [0.717, 1.165) is 22.2 Å². The fourth-order valence-corrected chi connectivity index (χ4v) is 3.14. The Kier molecular flexibility index (Phi) is 3.17. The number of para-hydroxylation sites is 2. The number of fused-ring (bicyclic) bond motifs is 3. The van der Waals surface area contributed by atoms with Crippen molar-refractivity contribution < 1.29 is 0 Å². The molecule has 0 radical (unpaired) electrons. The number of nitrogens with zero attached hydrogens (tertiary/aromatic N) is 3. The molecule has 0 atom stereocenters. The summed E-state index contributed by atoms with van der Waals surface area (Å²) in [4.78, 5) is 20.4. The van der Waals surface area contributed by atoms with Gasteiger partial charge >= 0.3 is 0 Å². The maximum Gasteiger partial charge on any atom is 0.260 e. The average Bonchev–Trinajstić information content (AvgIpc) is 2.99. The molecule has 0 fully saturated rings. The molecule has 5 nitrogen and oxygen atoms in total. The lowest BCUT2D eigenvalue weighted by Gasteiger charge is -2.09. The minimum atomic E-state index is -0.0946. The van der Waals surface area contributed by atoms with Crippen molar-refractivity contribution in [1.82, 2.24) is 14.4 Å². The topological polar surface area (TPSA) is 74.0 Å². The first-order valence-corrected chi connectivity index (χ1v) is 7.64. The van der Waals surface area contributed by atoms with Gasteiger partial charge in [0.25, 0.3) is 5.56 Å². The summed E-state index contributed by atoms with van der Waals surface area (Å²) in [6.07, 6.45) is 3.90. The quantitative estimate of drug-likeness (QED) is 0.618. The van der Waals surface area contributed by atoms with Crippen molar-refractivity contribution in [2.24, 2.45) is 0 Å². The minimum absolute atomic E-state index is 0.0946. The molecule has 3 heterocycles. The zero-order valence-electron chi connectivity index (χ0n) is 13.1. The van der Waals surface area contributed by atoms with E-state index in [0.29, 0.717) is 23.2 Å². The number of aromatic nitrogens is 3. The number of imidazole rings is 1. The van der Waals surface area contributed by atoms with E-state index >= 15 is 0 Å². The predicted molar refractivity (Wildman–Crippen MR) is 92.0 cm³/mol. The summed E-state index contributed by atoms with van der Waals surface area (Å²) in [6, 6.07) is 13.6. The molecule has 0 unspecified atom stereocenters. The lowest BCUT2D eigenvalue weighted by atomic mass is 10.00. The fraction of sp³-hybridized carbons (Fsp3) is 0.105. The van der Waals surface area contributed by atoms with E-state index in [1.807, 2.05) is 43.3 Å². The number of benzene rings is 1. The highest BCUT2D eigenvalue weighted by Gasteiger charge is 2.18. The molecule has 4 rings (SSSR count). The molecule has 1 aromatic carbocycles. The van der Waals surface area contributed by atoms with E-state index in [9.17, 15) is 10.1 Å². The summed E-state index contributed by atoms with van der Waals surface area (Å²) in [5.41, 5.74) is 4.87. The molecule has 3 aromatic heterocycles. The Balaban J connectivity index is 2.09. The lowest BCUT2D eigenvalue weighted by molar-refractivity contribution is 1.02. The van der Waals surface area contributed by atoms with Crippen LogP contribution in [0.3, 0.4) is 0 Å². The van der Waals surface area contributed by atoms with Gasteiger partial charge in [0.2, 0.25) is 0 Å². The molecular formula is C19H14N4O. The molecule has 0 saturated heterocycles. The summed E-state index contributed by atoms with van der Waals surface area (Å²) in [6.45, 7) is 1.83. The van der Waals surface area contributed by atoms with E-state index in [-0.39, 0.29) is 5.56 Å². The van der Waals surface area contributed by atoms with Crippen LogP contribution < -0.4 is 5.56 Å². The van der Waals surface area contributed by atoms with E-state index in [2.05, 4.69) is 16.0 Å². The number of nitrogens with one attached hydrogen (secondary N) is 1. The Labute approximate surface area is 137 Å². The van der Waals surface area contributed by atoms with Crippen LogP contribution in [0.15, 0.2) is 53.6 Å². The number of hydrogen-bond donors (Lipinski definition) is 1.